The van der Waals surface area contributed by atoms with E-state index >= 15 is 0 Å². The molecular formula is C12H6Cl2N2O3S2. The molecule has 0 saturated heterocycles. The van der Waals surface area contributed by atoms with Crippen LogP contribution >= 0.6 is 34.9 Å². The number of aromatic nitrogens is 2. The lowest BCUT2D eigenvalue weighted by atomic mass is 10.3. The number of nitrogens with zero attached hydrogens (tertiary/aromatic N) is 2. The Balaban J connectivity index is 2.04. The monoisotopic (exact) mass is 360 g/mol. The summed E-state index contributed by atoms with van der Waals surface area (Å²) in [6.45, 7) is 0. The van der Waals surface area contributed by atoms with E-state index in [2.05, 4.69) is 8.75 Å². The van der Waals surface area contributed by atoms with Crippen LogP contribution in [0.1, 0.15) is 0 Å². The average molecular weight is 361 g/mol. The minimum atomic E-state index is -4.04. The smallest absolute Gasteiger partial charge is 0.341 e. The summed E-state index contributed by atoms with van der Waals surface area (Å²) >= 11 is 12.6. The Kier molecular flexibility index (Phi) is 3.75. The van der Waals surface area contributed by atoms with Gasteiger partial charge in [-0.1, -0.05) is 29.3 Å². The van der Waals surface area contributed by atoms with Crippen molar-refractivity contribution in [2.75, 3.05) is 0 Å². The Morgan fingerprint density at radius 3 is 2.62 bits per heavy atom. The van der Waals surface area contributed by atoms with Crippen LogP contribution in [0.5, 0.6) is 5.75 Å². The molecule has 108 valence electrons. The van der Waals surface area contributed by atoms with E-state index in [1.165, 1.54) is 24.3 Å². The summed E-state index contributed by atoms with van der Waals surface area (Å²) in [5.74, 6) is 0.0737. The van der Waals surface area contributed by atoms with Gasteiger partial charge in [-0.2, -0.15) is 17.2 Å². The highest BCUT2D eigenvalue weighted by molar-refractivity contribution is 7.87. The third-order valence-electron chi connectivity index (χ3n) is 2.62. The minimum Gasteiger partial charge on any atom is -0.379 e. The summed E-state index contributed by atoms with van der Waals surface area (Å²) < 4.78 is 37.7. The van der Waals surface area contributed by atoms with E-state index in [1.54, 1.807) is 12.1 Å². The third-order valence-corrected chi connectivity index (χ3v) is 5.18. The first-order chi connectivity index (χ1) is 9.97. The Morgan fingerprint density at radius 2 is 1.86 bits per heavy atom. The summed E-state index contributed by atoms with van der Waals surface area (Å²) in [6.07, 6.45) is 0. The number of benzene rings is 2. The molecule has 0 aliphatic rings. The maximum Gasteiger partial charge on any atom is 0.341 e. The van der Waals surface area contributed by atoms with Crippen molar-refractivity contribution in [2.45, 2.75) is 4.90 Å². The SMILES string of the molecule is O=S(=O)(Oc1ccc(Cl)c(Cl)c1)c1cccc2nsnc12. The van der Waals surface area contributed by atoms with Crippen LogP contribution in [0.4, 0.5) is 0 Å². The number of rotatable bonds is 3. The second-order valence-corrected chi connectivity index (χ2v) is 6.86. The van der Waals surface area contributed by atoms with Crippen molar-refractivity contribution in [3.8, 4) is 5.75 Å². The van der Waals surface area contributed by atoms with E-state index in [9.17, 15) is 8.42 Å². The predicted octanol–water partition coefficient (Wildman–Crippen LogP) is 3.77. The van der Waals surface area contributed by atoms with Crippen LogP contribution in [0, 0.1) is 0 Å². The van der Waals surface area contributed by atoms with Gasteiger partial charge >= 0.3 is 10.1 Å². The zero-order chi connectivity index (χ0) is 15.0. The second kappa shape index (κ2) is 5.42. The standard InChI is InChI=1S/C12H6Cl2N2O3S2/c13-8-5-4-7(6-9(8)14)19-21(17,18)11-3-1-2-10-12(11)16-20-15-10/h1-6H. The van der Waals surface area contributed by atoms with Crippen LogP contribution in [-0.2, 0) is 10.1 Å². The van der Waals surface area contributed by atoms with Crippen molar-refractivity contribution in [2.24, 2.45) is 0 Å². The molecule has 21 heavy (non-hydrogen) atoms. The fourth-order valence-corrected chi connectivity index (χ4v) is 3.66. The van der Waals surface area contributed by atoms with E-state index in [0.29, 0.717) is 10.5 Å². The molecule has 3 rings (SSSR count). The Morgan fingerprint density at radius 1 is 1.05 bits per heavy atom. The summed E-state index contributed by atoms with van der Waals surface area (Å²) in [4.78, 5) is -0.0418. The zero-order valence-corrected chi connectivity index (χ0v) is 13.3. The maximum absolute atomic E-state index is 12.3. The quantitative estimate of drug-likeness (QED) is 0.665. The molecule has 0 unspecified atom stereocenters. The number of hydrogen-bond donors (Lipinski definition) is 0. The van der Waals surface area contributed by atoms with Gasteiger partial charge in [-0.3, -0.25) is 0 Å². The average Bonchev–Trinajstić information content (AvgIpc) is 2.90. The highest BCUT2D eigenvalue weighted by Gasteiger charge is 2.22. The van der Waals surface area contributed by atoms with E-state index in [0.717, 1.165) is 11.7 Å². The molecule has 0 atom stereocenters. The molecule has 0 radical (unpaired) electrons. The van der Waals surface area contributed by atoms with E-state index in [4.69, 9.17) is 27.4 Å². The minimum absolute atomic E-state index is 0.0418. The molecule has 0 saturated carbocycles. The van der Waals surface area contributed by atoms with Gasteiger partial charge in [0.05, 0.1) is 21.8 Å². The van der Waals surface area contributed by atoms with Crippen LogP contribution in [-0.4, -0.2) is 17.2 Å². The van der Waals surface area contributed by atoms with Crippen molar-refractivity contribution in [1.82, 2.24) is 8.75 Å². The third kappa shape index (κ3) is 2.82. The van der Waals surface area contributed by atoms with Crippen LogP contribution < -0.4 is 4.18 Å². The van der Waals surface area contributed by atoms with Gasteiger partial charge in [0.1, 0.15) is 21.7 Å². The Hall–Kier alpha value is -1.41. The molecule has 0 spiro atoms. The largest absolute Gasteiger partial charge is 0.379 e. The molecule has 0 aliphatic heterocycles. The van der Waals surface area contributed by atoms with Crippen LogP contribution in [0.15, 0.2) is 41.3 Å². The molecular weight excluding hydrogens is 355 g/mol. The van der Waals surface area contributed by atoms with Gasteiger partial charge in [-0.25, -0.2) is 0 Å². The molecule has 0 N–H and O–H groups in total. The Labute approximate surface area is 134 Å². The molecule has 5 nitrogen and oxygen atoms in total. The number of hydrogen-bond acceptors (Lipinski definition) is 6. The van der Waals surface area contributed by atoms with Gasteiger partial charge in [0.15, 0.2) is 0 Å². The summed E-state index contributed by atoms with van der Waals surface area (Å²) in [5.41, 5.74) is 0.779. The molecule has 0 aliphatic carbocycles. The zero-order valence-electron chi connectivity index (χ0n) is 10.2. The van der Waals surface area contributed by atoms with Gasteiger partial charge in [-0.15, -0.1) is 0 Å². The fraction of sp³-hybridized carbons (Fsp3) is 0. The summed E-state index contributed by atoms with van der Waals surface area (Å²) in [6, 6.07) is 8.88. The van der Waals surface area contributed by atoms with Crippen LogP contribution in [0.2, 0.25) is 10.0 Å². The first-order valence-electron chi connectivity index (χ1n) is 5.58. The van der Waals surface area contributed by atoms with Crippen molar-refractivity contribution in [1.29, 1.82) is 0 Å². The van der Waals surface area contributed by atoms with E-state index in [-0.39, 0.29) is 21.2 Å². The molecule has 2 aromatic carbocycles. The lowest BCUT2D eigenvalue weighted by Gasteiger charge is -2.08. The highest BCUT2D eigenvalue weighted by Crippen LogP contribution is 2.29. The normalized spacial score (nSPS) is 11.7. The first kappa shape index (κ1) is 14.5. The summed E-state index contributed by atoms with van der Waals surface area (Å²) in [7, 11) is -4.04. The van der Waals surface area contributed by atoms with Gasteiger partial charge in [-0.05, 0) is 24.3 Å². The van der Waals surface area contributed by atoms with Gasteiger partial charge in [0.25, 0.3) is 0 Å². The fourth-order valence-electron chi connectivity index (χ4n) is 1.68. The molecule has 1 heterocycles. The van der Waals surface area contributed by atoms with E-state index in [1.807, 2.05) is 0 Å². The lowest BCUT2D eigenvalue weighted by Crippen LogP contribution is -2.10. The molecule has 1 aromatic heterocycles. The van der Waals surface area contributed by atoms with Crippen molar-refractivity contribution in [3.05, 3.63) is 46.4 Å². The molecule has 3 aromatic rings. The first-order valence-corrected chi connectivity index (χ1v) is 8.48. The van der Waals surface area contributed by atoms with Crippen molar-refractivity contribution in [3.63, 3.8) is 0 Å². The van der Waals surface area contributed by atoms with E-state index < -0.39 is 10.1 Å². The van der Waals surface area contributed by atoms with Crippen LogP contribution in [0.25, 0.3) is 11.0 Å². The predicted molar refractivity (Wildman–Crippen MR) is 81.7 cm³/mol. The van der Waals surface area contributed by atoms with Crippen molar-refractivity contribution >= 4 is 56.1 Å². The van der Waals surface area contributed by atoms with Crippen molar-refractivity contribution < 1.29 is 12.6 Å². The summed E-state index contributed by atoms with van der Waals surface area (Å²) in [5, 5.41) is 0.519. The maximum atomic E-state index is 12.3. The highest BCUT2D eigenvalue weighted by atomic mass is 35.5. The Bertz CT molecular complexity index is 925. The molecule has 0 amide bonds. The second-order valence-electron chi connectivity index (χ2n) is 4.00. The molecule has 0 fully saturated rings. The van der Waals surface area contributed by atoms with Gasteiger partial charge in [0, 0.05) is 6.07 Å². The van der Waals surface area contributed by atoms with Gasteiger partial charge in [0.2, 0.25) is 0 Å². The van der Waals surface area contributed by atoms with Gasteiger partial charge < -0.3 is 4.18 Å². The molecule has 9 heteroatoms. The number of fused-ring (bicyclic) bond motifs is 1. The topological polar surface area (TPSA) is 69.2 Å². The number of halogens is 2. The van der Waals surface area contributed by atoms with Crippen LogP contribution in [0.3, 0.4) is 0 Å². The molecule has 0 bridgehead atoms. The lowest BCUT2D eigenvalue weighted by molar-refractivity contribution is 0.487.